The fourth-order valence-corrected chi connectivity index (χ4v) is 1.36. The molecular formula is C13H16NO2. The summed E-state index contributed by atoms with van der Waals surface area (Å²) in [5.74, 6) is 0.709. The summed E-state index contributed by atoms with van der Waals surface area (Å²) < 4.78 is 5.10. The third-order valence-corrected chi connectivity index (χ3v) is 2.19. The molecule has 1 radical (unpaired) electrons. The van der Waals surface area contributed by atoms with E-state index >= 15 is 0 Å². The molecule has 0 aliphatic rings. The monoisotopic (exact) mass is 218 g/mol. The summed E-state index contributed by atoms with van der Waals surface area (Å²) in [6, 6.07) is 8.54. The van der Waals surface area contributed by atoms with Gasteiger partial charge >= 0.3 is 0 Å². The third kappa shape index (κ3) is 3.12. The number of nitrogens with zero attached hydrogens (tertiary/aromatic N) is 1. The van der Waals surface area contributed by atoms with E-state index in [1.54, 1.807) is 32.0 Å². The molecule has 3 nitrogen and oxygen atoms in total. The van der Waals surface area contributed by atoms with Gasteiger partial charge in [0, 0.05) is 19.2 Å². The minimum atomic E-state index is -0.0591. The van der Waals surface area contributed by atoms with E-state index in [4.69, 9.17) is 4.74 Å². The molecule has 0 saturated carbocycles. The van der Waals surface area contributed by atoms with Gasteiger partial charge in [0.1, 0.15) is 5.75 Å². The summed E-state index contributed by atoms with van der Waals surface area (Å²) in [5.41, 5.74) is 1.45. The Morgan fingerprint density at radius 1 is 1.62 bits per heavy atom. The molecule has 3 heteroatoms. The van der Waals surface area contributed by atoms with Crippen molar-refractivity contribution in [1.29, 1.82) is 0 Å². The van der Waals surface area contributed by atoms with E-state index in [0.717, 1.165) is 11.3 Å². The van der Waals surface area contributed by atoms with Crippen molar-refractivity contribution in [2.45, 2.75) is 13.5 Å². The van der Waals surface area contributed by atoms with Gasteiger partial charge in [-0.15, -0.1) is 0 Å². The lowest BCUT2D eigenvalue weighted by molar-refractivity contribution is -0.126. The highest BCUT2D eigenvalue weighted by molar-refractivity contribution is 5.91. The van der Waals surface area contributed by atoms with Crippen molar-refractivity contribution in [3.05, 3.63) is 42.0 Å². The van der Waals surface area contributed by atoms with Crippen molar-refractivity contribution in [3.8, 4) is 5.75 Å². The first-order chi connectivity index (χ1) is 7.54. The zero-order chi connectivity index (χ0) is 12.1. The highest BCUT2D eigenvalue weighted by Gasteiger charge is 2.09. The van der Waals surface area contributed by atoms with Gasteiger partial charge < -0.3 is 9.64 Å². The van der Waals surface area contributed by atoms with Crippen LogP contribution in [0.1, 0.15) is 12.5 Å². The van der Waals surface area contributed by atoms with Gasteiger partial charge in [-0.1, -0.05) is 12.6 Å². The lowest BCUT2D eigenvalue weighted by Gasteiger charge is -2.17. The van der Waals surface area contributed by atoms with Crippen LogP contribution in [0.5, 0.6) is 5.75 Å². The molecule has 0 N–H and O–H groups in total. The van der Waals surface area contributed by atoms with E-state index in [1.807, 2.05) is 12.1 Å². The number of methoxy groups -OCH3 is 1. The summed E-state index contributed by atoms with van der Waals surface area (Å²) in [7, 11) is 3.35. The normalized spacial score (nSPS) is 9.69. The molecule has 16 heavy (non-hydrogen) atoms. The molecular weight excluding hydrogens is 202 g/mol. The number of amides is 1. The van der Waals surface area contributed by atoms with Gasteiger partial charge in [-0.3, -0.25) is 4.79 Å². The van der Waals surface area contributed by atoms with E-state index in [1.165, 1.54) is 0 Å². The minimum Gasteiger partial charge on any atom is -0.497 e. The fraction of sp³-hybridized carbons (Fsp3) is 0.308. The molecule has 0 atom stereocenters. The largest absolute Gasteiger partial charge is 0.497 e. The Bertz CT molecular complexity index is 399. The van der Waals surface area contributed by atoms with Gasteiger partial charge in [0.05, 0.1) is 7.11 Å². The number of carbonyl (C=O) groups is 1. The SMILES string of the molecule is C=C(C)C(=O)N(C)Cc1[c]ccc(OC)c1. The second kappa shape index (κ2) is 5.35. The van der Waals surface area contributed by atoms with Crippen molar-refractivity contribution in [2.75, 3.05) is 14.2 Å². The van der Waals surface area contributed by atoms with Crippen LogP contribution in [-0.2, 0) is 11.3 Å². The van der Waals surface area contributed by atoms with Crippen LogP contribution in [0.3, 0.4) is 0 Å². The third-order valence-electron chi connectivity index (χ3n) is 2.19. The zero-order valence-electron chi connectivity index (χ0n) is 9.91. The van der Waals surface area contributed by atoms with Gasteiger partial charge in [0.25, 0.3) is 0 Å². The predicted molar refractivity (Wildman–Crippen MR) is 63.1 cm³/mol. The molecule has 0 unspecified atom stereocenters. The Hall–Kier alpha value is -1.77. The van der Waals surface area contributed by atoms with Gasteiger partial charge in [-0.25, -0.2) is 0 Å². The molecule has 0 aliphatic heterocycles. The van der Waals surface area contributed by atoms with Crippen molar-refractivity contribution >= 4 is 5.91 Å². The van der Waals surface area contributed by atoms with Gasteiger partial charge in [-0.05, 0) is 30.7 Å². The molecule has 1 aromatic carbocycles. The molecule has 0 heterocycles. The van der Waals surface area contributed by atoms with Gasteiger partial charge in [0.2, 0.25) is 5.91 Å². The number of rotatable bonds is 4. The molecule has 0 saturated heterocycles. The number of hydrogen-bond donors (Lipinski definition) is 0. The Morgan fingerprint density at radius 2 is 2.31 bits per heavy atom. The Morgan fingerprint density at radius 3 is 2.88 bits per heavy atom. The van der Waals surface area contributed by atoms with Gasteiger partial charge in [0.15, 0.2) is 0 Å². The summed E-state index contributed by atoms with van der Waals surface area (Å²) in [6.07, 6.45) is 0. The van der Waals surface area contributed by atoms with Crippen LogP contribution in [-0.4, -0.2) is 25.0 Å². The average Bonchev–Trinajstić information content (AvgIpc) is 2.28. The van der Waals surface area contributed by atoms with Gasteiger partial charge in [-0.2, -0.15) is 0 Å². The first-order valence-corrected chi connectivity index (χ1v) is 5.00. The average molecular weight is 218 g/mol. The molecule has 1 aromatic rings. The lowest BCUT2D eigenvalue weighted by Crippen LogP contribution is -2.26. The number of hydrogen-bond acceptors (Lipinski definition) is 2. The standard InChI is InChI=1S/C13H16NO2/c1-10(2)13(15)14(3)9-11-6-5-7-12(8-11)16-4/h5,7-8H,1,9H2,2-4H3. The summed E-state index contributed by atoms with van der Waals surface area (Å²) in [5, 5.41) is 0. The summed E-state index contributed by atoms with van der Waals surface area (Å²) in [6.45, 7) is 5.83. The van der Waals surface area contributed by atoms with Crippen molar-refractivity contribution in [2.24, 2.45) is 0 Å². The second-order valence-electron chi connectivity index (χ2n) is 3.70. The van der Waals surface area contributed by atoms with E-state index in [-0.39, 0.29) is 5.91 Å². The summed E-state index contributed by atoms with van der Waals surface area (Å²) in [4.78, 5) is 13.2. The quantitative estimate of drug-likeness (QED) is 0.724. The van der Waals surface area contributed by atoms with Crippen LogP contribution < -0.4 is 4.74 Å². The maximum atomic E-state index is 11.6. The smallest absolute Gasteiger partial charge is 0.248 e. The number of carbonyl (C=O) groups excluding carboxylic acids is 1. The van der Waals surface area contributed by atoms with Crippen LogP contribution >= 0.6 is 0 Å². The highest BCUT2D eigenvalue weighted by atomic mass is 16.5. The topological polar surface area (TPSA) is 29.5 Å². The van der Waals surface area contributed by atoms with Crippen molar-refractivity contribution in [3.63, 3.8) is 0 Å². The molecule has 85 valence electrons. The van der Waals surface area contributed by atoms with E-state index in [9.17, 15) is 4.79 Å². The molecule has 0 aliphatic carbocycles. The first-order valence-electron chi connectivity index (χ1n) is 5.00. The summed E-state index contributed by atoms with van der Waals surface area (Å²) >= 11 is 0. The number of likely N-dealkylation sites (N-methyl/N-ethyl adjacent to an activating group) is 1. The zero-order valence-corrected chi connectivity index (χ0v) is 9.91. The van der Waals surface area contributed by atoms with Crippen LogP contribution in [0.15, 0.2) is 30.4 Å². The fourth-order valence-electron chi connectivity index (χ4n) is 1.36. The maximum absolute atomic E-state index is 11.6. The van der Waals surface area contributed by atoms with Crippen molar-refractivity contribution < 1.29 is 9.53 Å². The Kier molecular flexibility index (Phi) is 4.11. The lowest BCUT2D eigenvalue weighted by atomic mass is 10.2. The van der Waals surface area contributed by atoms with Crippen LogP contribution in [0, 0.1) is 6.07 Å². The minimum absolute atomic E-state index is 0.0591. The number of benzene rings is 1. The first kappa shape index (κ1) is 12.3. The second-order valence-corrected chi connectivity index (χ2v) is 3.70. The molecule has 1 amide bonds. The molecule has 1 rings (SSSR count). The molecule has 0 spiro atoms. The number of ether oxygens (including phenoxy) is 1. The van der Waals surface area contributed by atoms with Crippen molar-refractivity contribution in [1.82, 2.24) is 4.90 Å². The van der Waals surface area contributed by atoms with Crippen LogP contribution in [0.2, 0.25) is 0 Å². The molecule has 0 aromatic heterocycles. The highest BCUT2D eigenvalue weighted by Crippen LogP contribution is 2.13. The van der Waals surface area contributed by atoms with Crippen LogP contribution in [0.25, 0.3) is 0 Å². The Balaban J connectivity index is 2.72. The van der Waals surface area contributed by atoms with E-state index in [0.29, 0.717) is 12.1 Å². The molecule has 0 bridgehead atoms. The van der Waals surface area contributed by atoms with E-state index in [2.05, 4.69) is 12.6 Å². The maximum Gasteiger partial charge on any atom is 0.248 e. The van der Waals surface area contributed by atoms with Crippen LogP contribution in [0.4, 0.5) is 0 Å². The Labute approximate surface area is 96.3 Å². The molecule has 0 fully saturated rings. The predicted octanol–water partition coefficient (Wildman–Crippen LogP) is 2.03. The van der Waals surface area contributed by atoms with E-state index < -0.39 is 0 Å².